The van der Waals surface area contributed by atoms with Gasteiger partial charge in [-0.1, -0.05) is 24.6 Å². The molecular weight excluding hydrogens is 471 g/mol. The number of hydroxylamine groups is 1. The summed E-state index contributed by atoms with van der Waals surface area (Å²) < 4.78 is 27.1. The summed E-state index contributed by atoms with van der Waals surface area (Å²) in [6, 6.07) is 4.37. The number of hydrogen-bond donors (Lipinski definition) is 3. The molecule has 1 atom stereocenters. The molecule has 2 heterocycles. The van der Waals surface area contributed by atoms with E-state index in [0.717, 1.165) is 18.2 Å². The smallest absolute Gasteiger partial charge is 0.278 e. The Morgan fingerprint density at radius 3 is 2.54 bits per heavy atom. The molecule has 2 aromatic rings. The molecule has 1 amide bonds. The van der Waals surface area contributed by atoms with E-state index in [1.165, 1.54) is 25.4 Å². The first-order chi connectivity index (χ1) is 16.7. The maximum Gasteiger partial charge on any atom is 0.278 e. The molecule has 0 aliphatic carbocycles. The second-order valence-corrected chi connectivity index (χ2v) is 8.80. The number of allylic oxidation sites excluding steroid dienone is 4. The van der Waals surface area contributed by atoms with Crippen molar-refractivity contribution >= 4 is 34.6 Å². The predicted octanol–water partition coefficient (Wildman–Crippen LogP) is 4.43. The van der Waals surface area contributed by atoms with Crippen molar-refractivity contribution in [2.24, 2.45) is 0 Å². The van der Waals surface area contributed by atoms with Gasteiger partial charge in [0.1, 0.15) is 29.4 Å². The SMILES string of the molecule is C\C=C(Nc1cc(Nc2ccc(F)cn2)ncc1C(=O)NOC)/C(=C\C=C(/C)CC)N(C)[S+](C)[O-]. The molecule has 0 saturated heterocycles. The van der Waals surface area contributed by atoms with Gasteiger partial charge >= 0.3 is 0 Å². The summed E-state index contributed by atoms with van der Waals surface area (Å²) in [5.41, 5.74) is 5.33. The number of nitrogens with zero attached hydrogens (tertiary/aromatic N) is 3. The Balaban J connectivity index is 2.51. The number of carbonyl (C=O) groups excluding carboxylic acids is 1. The third kappa shape index (κ3) is 8.09. The van der Waals surface area contributed by atoms with Crippen LogP contribution in [0.4, 0.5) is 21.7 Å². The van der Waals surface area contributed by atoms with Crippen LogP contribution in [0, 0.1) is 5.82 Å². The monoisotopic (exact) mass is 502 g/mol. The van der Waals surface area contributed by atoms with Crippen LogP contribution < -0.4 is 16.1 Å². The van der Waals surface area contributed by atoms with Gasteiger partial charge in [0.25, 0.3) is 5.91 Å². The second kappa shape index (κ2) is 13.5. The number of rotatable bonds is 11. The number of likely N-dealkylation sites (N-methyl/N-ethyl adjacent to an activating group) is 1. The highest BCUT2D eigenvalue weighted by Gasteiger charge is 2.20. The number of hydrogen-bond acceptors (Lipinski definition) is 8. The van der Waals surface area contributed by atoms with Gasteiger partial charge in [-0.05, 0) is 38.5 Å². The molecular formula is C24H31FN6O3S. The zero-order valence-corrected chi connectivity index (χ0v) is 21.5. The van der Waals surface area contributed by atoms with Crippen LogP contribution in [0.15, 0.2) is 65.8 Å². The molecule has 2 aromatic heterocycles. The Labute approximate surface area is 208 Å². The molecule has 0 aromatic carbocycles. The van der Waals surface area contributed by atoms with E-state index in [1.54, 1.807) is 23.7 Å². The van der Waals surface area contributed by atoms with Crippen LogP contribution in [0.1, 0.15) is 37.6 Å². The summed E-state index contributed by atoms with van der Waals surface area (Å²) in [5, 5.41) is 6.24. The summed E-state index contributed by atoms with van der Waals surface area (Å²) in [6.45, 7) is 5.89. The molecule has 0 aliphatic rings. The van der Waals surface area contributed by atoms with Gasteiger partial charge in [-0.25, -0.2) is 19.8 Å². The average Bonchev–Trinajstić information content (AvgIpc) is 2.84. The molecule has 2 rings (SSSR count). The number of nitrogens with one attached hydrogen (secondary N) is 3. The van der Waals surface area contributed by atoms with Gasteiger partial charge in [-0.3, -0.25) is 9.63 Å². The average molecular weight is 503 g/mol. The number of carbonyl (C=O) groups is 1. The molecule has 0 radical (unpaired) electrons. The maximum absolute atomic E-state index is 13.2. The van der Waals surface area contributed by atoms with Crippen molar-refractivity contribution in [2.45, 2.75) is 27.2 Å². The fraction of sp³-hybridized carbons (Fsp3) is 0.292. The first kappa shape index (κ1) is 27.8. The number of amides is 1. The minimum atomic E-state index is -1.30. The predicted molar refractivity (Wildman–Crippen MR) is 138 cm³/mol. The minimum absolute atomic E-state index is 0.212. The lowest BCUT2D eigenvalue weighted by Gasteiger charge is -2.25. The third-order valence-electron chi connectivity index (χ3n) is 4.97. The molecule has 35 heavy (non-hydrogen) atoms. The Bertz CT molecular complexity index is 1100. The van der Waals surface area contributed by atoms with Crippen LogP contribution >= 0.6 is 0 Å². The van der Waals surface area contributed by atoms with Gasteiger partial charge in [-0.2, -0.15) is 4.31 Å². The number of halogens is 1. The molecule has 0 bridgehead atoms. The van der Waals surface area contributed by atoms with Crippen LogP contribution in [0.25, 0.3) is 0 Å². The van der Waals surface area contributed by atoms with Gasteiger partial charge in [-0.15, -0.1) is 0 Å². The molecule has 0 fully saturated rings. The molecule has 188 valence electrons. The fourth-order valence-electron chi connectivity index (χ4n) is 2.81. The fourth-order valence-corrected chi connectivity index (χ4v) is 3.24. The van der Waals surface area contributed by atoms with Crippen molar-refractivity contribution in [3.8, 4) is 0 Å². The van der Waals surface area contributed by atoms with Gasteiger partial charge in [0.05, 0.1) is 48.7 Å². The van der Waals surface area contributed by atoms with Crippen LogP contribution in [-0.4, -0.2) is 45.1 Å². The van der Waals surface area contributed by atoms with Crippen LogP contribution in [0.5, 0.6) is 0 Å². The van der Waals surface area contributed by atoms with Crippen molar-refractivity contribution in [2.75, 3.05) is 31.0 Å². The van der Waals surface area contributed by atoms with Crippen LogP contribution in [0.2, 0.25) is 0 Å². The van der Waals surface area contributed by atoms with E-state index in [4.69, 9.17) is 4.84 Å². The van der Waals surface area contributed by atoms with Crippen molar-refractivity contribution in [3.63, 3.8) is 0 Å². The van der Waals surface area contributed by atoms with E-state index in [0.29, 0.717) is 28.7 Å². The lowest BCUT2D eigenvalue weighted by atomic mass is 10.1. The Morgan fingerprint density at radius 1 is 1.26 bits per heavy atom. The van der Waals surface area contributed by atoms with Crippen molar-refractivity contribution in [1.29, 1.82) is 0 Å². The van der Waals surface area contributed by atoms with Gasteiger partial charge in [0.15, 0.2) is 0 Å². The quantitative estimate of drug-likeness (QED) is 0.235. The summed E-state index contributed by atoms with van der Waals surface area (Å²) in [7, 11) is 3.06. The van der Waals surface area contributed by atoms with Crippen LogP contribution in [0.3, 0.4) is 0 Å². The molecule has 11 heteroatoms. The molecule has 1 unspecified atom stereocenters. The van der Waals surface area contributed by atoms with Gasteiger partial charge in [0.2, 0.25) is 0 Å². The molecule has 0 saturated carbocycles. The molecule has 3 N–H and O–H groups in total. The highest BCUT2D eigenvalue weighted by molar-refractivity contribution is 7.88. The van der Waals surface area contributed by atoms with E-state index >= 15 is 0 Å². The minimum Gasteiger partial charge on any atom is -0.593 e. The molecule has 9 nitrogen and oxygen atoms in total. The standard InChI is InChI=1S/C24H31FN6O3S/c1-7-16(3)9-11-21(31(4)35(6)33)19(8-2)28-20-13-23(27-15-18(20)24(32)30-34-5)29-22-12-10-17(25)14-26-22/h8-15H,7H2,1-6H3,(H,30,32)(H2,26,27,28,29)/b16-9+,19-8+,21-11+. The zero-order chi connectivity index (χ0) is 26.0. The van der Waals surface area contributed by atoms with Crippen molar-refractivity contribution < 1.29 is 18.6 Å². The van der Waals surface area contributed by atoms with E-state index in [1.807, 2.05) is 32.1 Å². The van der Waals surface area contributed by atoms with Gasteiger partial charge < -0.3 is 15.2 Å². The Morgan fingerprint density at radius 2 is 1.97 bits per heavy atom. The van der Waals surface area contributed by atoms with E-state index in [-0.39, 0.29) is 5.56 Å². The van der Waals surface area contributed by atoms with E-state index in [2.05, 4.69) is 33.0 Å². The summed E-state index contributed by atoms with van der Waals surface area (Å²) >= 11 is -1.30. The maximum atomic E-state index is 13.2. The topological polar surface area (TPSA) is 114 Å². The van der Waals surface area contributed by atoms with E-state index < -0.39 is 23.1 Å². The highest BCUT2D eigenvalue weighted by Crippen LogP contribution is 2.26. The van der Waals surface area contributed by atoms with Crippen molar-refractivity contribution in [1.82, 2.24) is 19.8 Å². The Hall–Kier alpha value is -3.41. The summed E-state index contributed by atoms with van der Waals surface area (Å²) in [6.07, 6.45) is 10.6. The third-order valence-corrected chi connectivity index (χ3v) is 5.94. The second-order valence-electron chi connectivity index (χ2n) is 7.40. The van der Waals surface area contributed by atoms with Gasteiger partial charge in [0, 0.05) is 12.3 Å². The lowest BCUT2D eigenvalue weighted by Crippen LogP contribution is -2.28. The highest BCUT2D eigenvalue weighted by atomic mass is 32.2. The first-order valence-electron chi connectivity index (χ1n) is 10.8. The number of anilines is 3. The zero-order valence-electron chi connectivity index (χ0n) is 20.7. The van der Waals surface area contributed by atoms with E-state index in [9.17, 15) is 13.7 Å². The largest absolute Gasteiger partial charge is 0.593 e. The normalized spacial score (nSPS) is 13.3. The summed E-state index contributed by atoms with van der Waals surface area (Å²) in [5.74, 6) is -0.217. The first-order valence-corrected chi connectivity index (χ1v) is 12.3. The Kier molecular flexibility index (Phi) is 10.7. The molecule has 0 spiro atoms. The number of pyridine rings is 2. The van der Waals surface area contributed by atoms with Crippen molar-refractivity contribution in [3.05, 3.63) is 77.2 Å². The molecule has 0 aliphatic heterocycles. The number of aromatic nitrogens is 2. The lowest BCUT2D eigenvalue weighted by molar-refractivity contribution is 0.0538. The summed E-state index contributed by atoms with van der Waals surface area (Å²) in [4.78, 5) is 25.6. The van der Waals surface area contributed by atoms with Crippen LogP contribution in [-0.2, 0) is 16.2 Å².